The van der Waals surface area contributed by atoms with Crippen LogP contribution >= 0.6 is 0 Å². The van der Waals surface area contributed by atoms with Gasteiger partial charge in [0.1, 0.15) is 6.10 Å². The van der Waals surface area contributed by atoms with E-state index in [2.05, 4.69) is 4.90 Å². The minimum absolute atomic E-state index is 0.00523. The number of ketones is 1. The van der Waals surface area contributed by atoms with Gasteiger partial charge in [0.05, 0.1) is 0 Å². The monoisotopic (exact) mass is 157 g/mol. The predicted octanol–water partition coefficient (Wildman–Crippen LogP) is -0.112. The number of nitrogens with zero attached hydrogens (tertiary/aromatic N) is 1. The zero-order valence-electron chi connectivity index (χ0n) is 7.08. The highest BCUT2D eigenvalue weighted by Crippen LogP contribution is 2.16. The van der Waals surface area contributed by atoms with E-state index in [-0.39, 0.29) is 11.7 Å². The predicted molar refractivity (Wildman–Crippen MR) is 42.3 cm³/mol. The average Bonchev–Trinajstić information content (AvgIpc) is 2.34. The standard InChI is InChI=1S/C8H15NO2/c1-6(10)8(11)7-3-4-9(2)5-7/h6-7,10H,3-5H2,1-2H3. The van der Waals surface area contributed by atoms with E-state index in [1.54, 1.807) is 6.92 Å². The molecule has 0 bridgehead atoms. The van der Waals surface area contributed by atoms with Crippen LogP contribution in [-0.4, -0.2) is 42.0 Å². The lowest BCUT2D eigenvalue weighted by Gasteiger charge is -2.10. The van der Waals surface area contributed by atoms with E-state index in [1.165, 1.54) is 0 Å². The molecule has 11 heavy (non-hydrogen) atoms. The number of aliphatic hydroxyl groups is 1. The Morgan fingerprint density at radius 1 is 1.73 bits per heavy atom. The number of hydrogen-bond acceptors (Lipinski definition) is 3. The molecule has 1 fully saturated rings. The molecule has 1 heterocycles. The van der Waals surface area contributed by atoms with Gasteiger partial charge < -0.3 is 10.0 Å². The summed E-state index contributed by atoms with van der Waals surface area (Å²) in [7, 11) is 2.00. The van der Waals surface area contributed by atoms with Crippen molar-refractivity contribution in [2.24, 2.45) is 5.92 Å². The third-order valence-electron chi connectivity index (χ3n) is 2.21. The molecule has 3 nitrogen and oxygen atoms in total. The molecule has 3 heteroatoms. The Hall–Kier alpha value is -0.410. The van der Waals surface area contributed by atoms with E-state index in [1.807, 2.05) is 7.05 Å². The van der Waals surface area contributed by atoms with Crippen molar-refractivity contribution in [1.82, 2.24) is 4.90 Å². The van der Waals surface area contributed by atoms with Crippen LogP contribution in [0.15, 0.2) is 0 Å². The summed E-state index contributed by atoms with van der Waals surface area (Å²) in [5, 5.41) is 9.00. The summed E-state index contributed by atoms with van der Waals surface area (Å²) >= 11 is 0. The molecule has 2 unspecified atom stereocenters. The molecule has 0 aromatic heterocycles. The van der Waals surface area contributed by atoms with Crippen molar-refractivity contribution in [3.05, 3.63) is 0 Å². The largest absolute Gasteiger partial charge is 0.386 e. The number of likely N-dealkylation sites (tertiary alicyclic amines) is 1. The Morgan fingerprint density at radius 2 is 2.36 bits per heavy atom. The van der Waals surface area contributed by atoms with Crippen molar-refractivity contribution in [2.75, 3.05) is 20.1 Å². The first kappa shape index (κ1) is 8.68. The molecule has 0 aliphatic carbocycles. The van der Waals surface area contributed by atoms with E-state index < -0.39 is 6.10 Å². The third-order valence-corrected chi connectivity index (χ3v) is 2.21. The maximum absolute atomic E-state index is 11.2. The van der Waals surface area contributed by atoms with Crippen molar-refractivity contribution >= 4 is 5.78 Å². The lowest BCUT2D eigenvalue weighted by Crippen LogP contribution is -2.27. The van der Waals surface area contributed by atoms with Crippen molar-refractivity contribution in [3.8, 4) is 0 Å². The van der Waals surface area contributed by atoms with Gasteiger partial charge in [-0.25, -0.2) is 0 Å². The summed E-state index contributed by atoms with van der Waals surface area (Å²) in [6.45, 7) is 3.33. The van der Waals surface area contributed by atoms with Gasteiger partial charge in [-0.2, -0.15) is 0 Å². The van der Waals surface area contributed by atoms with Crippen molar-refractivity contribution in [1.29, 1.82) is 0 Å². The molecule has 1 aliphatic heterocycles. The Labute approximate surface area is 67.0 Å². The van der Waals surface area contributed by atoms with Crippen LogP contribution in [0.2, 0.25) is 0 Å². The summed E-state index contributed by atoms with van der Waals surface area (Å²) in [4.78, 5) is 13.3. The van der Waals surface area contributed by atoms with Gasteiger partial charge in [0, 0.05) is 12.5 Å². The molecule has 0 radical (unpaired) electrons. The number of hydrogen-bond donors (Lipinski definition) is 1. The number of Topliss-reactive ketones (excluding diaryl/α,β-unsaturated/α-hetero) is 1. The third kappa shape index (κ3) is 2.01. The van der Waals surface area contributed by atoms with E-state index in [9.17, 15) is 4.79 Å². The number of carbonyl (C=O) groups excluding carboxylic acids is 1. The van der Waals surface area contributed by atoms with Crippen LogP contribution in [0.25, 0.3) is 0 Å². The van der Waals surface area contributed by atoms with Crippen LogP contribution in [0.1, 0.15) is 13.3 Å². The van der Waals surface area contributed by atoms with E-state index >= 15 is 0 Å². The van der Waals surface area contributed by atoms with Crippen LogP contribution in [0, 0.1) is 5.92 Å². The van der Waals surface area contributed by atoms with Gasteiger partial charge in [-0.3, -0.25) is 4.79 Å². The van der Waals surface area contributed by atoms with Crippen LogP contribution in [-0.2, 0) is 4.79 Å². The number of aliphatic hydroxyl groups excluding tert-OH is 1. The smallest absolute Gasteiger partial charge is 0.165 e. The first-order valence-electron chi connectivity index (χ1n) is 4.01. The summed E-state index contributed by atoms with van der Waals surface area (Å²) in [6, 6.07) is 0. The molecular formula is C8H15NO2. The Kier molecular flexibility index (Phi) is 2.62. The van der Waals surface area contributed by atoms with Crippen LogP contribution in [0.3, 0.4) is 0 Å². The molecule has 64 valence electrons. The number of rotatable bonds is 2. The lowest BCUT2D eigenvalue weighted by atomic mass is 10.0. The van der Waals surface area contributed by atoms with E-state index in [0.29, 0.717) is 0 Å². The second-order valence-electron chi connectivity index (χ2n) is 3.33. The minimum atomic E-state index is -0.786. The second kappa shape index (κ2) is 3.32. The van der Waals surface area contributed by atoms with Gasteiger partial charge >= 0.3 is 0 Å². The van der Waals surface area contributed by atoms with Gasteiger partial charge in [-0.05, 0) is 26.9 Å². The zero-order valence-corrected chi connectivity index (χ0v) is 7.08. The quantitative estimate of drug-likeness (QED) is 0.608. The van der Waals surface area contributed by atoms with Gasteiger partial charge in [0.2, 0.25) is 0 Å². The molecule has 0 saturated carbocycles. The van der Waals surface area contributed by atoms with Crippen molar-refractivity contribution in [3.63, 3.8) is 0 Å². The van der Waals surface area contributed by atoms with E-state index in [0.717, 1.165) is 19.5 Å². The van der Waals surface area contributed by atoms with Gasteiger partial charge in [-0.1, -0.05) is 0 Å². The van der Waals surface area contributed by atoms with Gasteiger partial charge in [-0.15, -0.1) is 0 Å². The minimum Gasteiger partial charge on any atom is -0.386 e. The molecule has 1 saturated heterocycles. The van der Waals surface area contributed by atoms with Crippen molar-refractivity contribution in [2.45, 2.75) is 19.4 Å². The van der Waals surface area contributed by atoms with Crippen LogP contribution in [0.5, 0.6) is 0 Å². The van der Waals surface area contributed by atoms with Crippen LogP contribution in [0.4, 0.5) is 0 Å². The topological polar surface area (TPSA) is 40.5 Å². The van der Waals surface area contributed by atoms with Crippen LogP contribution < -0.4 is 0 Å². The second-order valence-corrected chi connectivity index (χ2v) is 3.33. The maximum Gasteiger partial charge on any atom is 0.165 e. The first-order chi connectivity index (χ1) is 5.11. The highest BCUT2D eigenvalue weighted by Gasteiger charge is 2.28. The Balaban J connectivity index is 2.43. The summed E-state index contributed by atoms with van der Waals surface area (Å²) < 4.78 is 0. The van der Waals surface area contributed by atoms with Gasteiger partial charge in [0.25, 0.3) is 0 Å². The lowest BCUT2D eigenvalue weighted by molar-refractivity contribution is -0.129. The highest BCUT2D eigenvalue weighted by molar-refractivity contribution is 5.85. The highest BCUT2D eigenvalue weighted by atomic mass is 16.3. The average molecular weight is 157 g/mol. The Morgan fingerprint density at radius 3 is 2.73 bits per heavy atom. The maximum atomic E-state index is 11.2. The number of carbonyl (C=O) groups is 1. The molecule has 0 aromatic carbocycles. The zero-order chi connectivity index (χ0) is 8.43. The fourth-order valence-electron chi connectivity index (χ4n) is 1.51. The summed E-state index contributed by atoms with van der Waals surface area (Å²) in [6.07, 6.45) is 0.117. The fraction of sp³-hybridized carbons (Fsp3) is 0.875. The molecule has 0 aromatic rings. The molecule has 2 atom stereocenters. The Bertz CT molecular complexity index is 156. The van der Waals surface area contributed by atoms with E-state index in [4.69, 9.17) is 5.11 Å². The SMILES string of the molecule is CC(O)C(=O)C1CCN(C)C1. The fourth-order valence-corrected chi connectivity index (χ4v) is 1.51. The molecular weight excluding hydrogens is 142 g/mol. The first-order valence-corrected chi connectivity index (χ1v) is 4.01. The summed E-state index contributed by atoms with van der Waals surface area (Å²) in [5.74, 6) is 0.0642. The summed E-state index contributed by atoms with van der Waals surface area (Å²) in [5.41, 5.74) is 0. The molecule has 0 amide bonds. The molecule has 1 aliphatic rings. The molecule has 0 spiro atoms. The normalized spacial score (nSPS) is 28.8. The molecule has 1 N–H and O–H groups in total. The van der Waals surface area contributed by atoms with Crippen molar-refractivity contribution < 1.29 is 9.90 Å². The molecule has 1 rings (SSSR count). The van der Waals surface area contributed by atoms with Gasteiger partial charge in [0.15, 0.2) is 5.78 Å².